The number of aryl methyl sites for hydroxylation is 1. The van der Waals surface area contributed by atoms with E-state index in [1.165, 1.54) is 0 Å². The number of nitrogens with one attached hydrogen (secondary N) is 2. The lowest BCUT2D eigenvalue weighted by Crippen LogP contribution is -2.23. The number of benzene rings is 1. The van der Waals surface area contributed by atoms with Crippen LogP contribution < -0.4 is 11.1 Å². The maximum atomic E-state index is 11.9. The van der Waals surface area contributed by atoms with Gasteiger partial charge in [0, 0.05) is 6.54 Å². The number of imidazole rings is 1. The van der Waals surface area contributed by atoms with Gasteiger partial charge in [0.1, 0.15) is 5.52 Å². The number of nitrogen functional groups attached to an aromatic ring is 1. The van der Waals surface area contributed by atoms with Gasteiger partial charge < -0.3 is 16.0 Å². The molecule has 2 rings (SSSR count). The molecule has 0 fully saturated rings. The normalized spacial score (nSPS) is 10.6. The van der Waals surface area contributed by atoms with Gasteiger partial charge in [0.25, 0.3) is 5.91 Å². The summed E-state index contributed by atoms with van der Waals surface area (Å²) in [6.45, 7) is 4.36. The highest BCUT2D eigenvalue weighted by Gasteiger charge is 2.15. The number of nitrogens with zero attached hydrogens (tertiary/aromatic N) is 1. The molecule has 5 nitrogen and oxygen atoms in total. The first kappa shape index (κ1) is 10.5. The van der Waals surface area contributed by atoms with Crippen molar-refractivity contribution in [1.82, 2.24) is 15.3 Å². The lowest BCUT2D eigenvalue weighted by molar-refractivity contribution is 0.0957. The first-order chi connectivity index (χ1) is 7.63. The van der Waals surface area contributed by atoms with Crippen LogP contribution in [0.5, 0.6) is 0 Å². The molecule has 1 aromatic carbocycles. The minimum absolute atomic E-state index is 0.114. The molecule has 0 spiro atoms. The van der Waals surface area contributed by atoms with Gasteiger partial charge in [0.15, 0.2) is 5.95 Å². The van der Waals surface area contributed by atoms with Crippen LogP contribution in [0.15, 0.2) is 12.1 Å². The molecule has 0 aliphatic rings. The molecule has 84 valence electrons. The summed E-state index contributed by atoms with van der Waals surface area (Å²) >= 11 is 0. The minimum Gasteiger partial charge on any atom is -0.369 e. The van der Waals surface area contributed by atoms with Crippen molar-refractivity contribution in [2.75, 3.05) is 12.3 Å². The van der Waals surface area contributed by atoms with Crippen LogP contribution in [0.25, 0.3) is 11.0 Å². The number of aromatic nitrogens is 2. The van der Waals surface area contributed by atoms with Crippen LogP contribution in [0.2, 0.25) is 0 Å². The summed E-state index contributed by atoms with van der Waals surface area (Å²) in [4.78, 5) is 18.9. The Morgan fingerprint density at radius 3 is 3.00 bits per heavy atom. The number of carbonyl (C=O) groups excluding carboxylic acids is 1. The van der Waals surface area contributed by atoms with Crippen molar-refractivity contribution in [1.29, 1.82) is 0 Å². The van der Waals surface area contributed by atoms with E-state index < -0.39 is 0 Å². The molecule has 0 saturated carbocycles. The molecule has 2 aromatic rings. The molecule has 1 amide bonds. The fraction of sp³-hybridized carbons (Fsp3) is 0.273. The number of carbonyl (C=O) groups is 1. The number of anilines is 1. The molecular weight excluding hydrogens is 204 g/mol. The molecule has 0 radical (unpaired) electrons. The van der Waals surface area contributed by atoms with E-state index in [0.717, 1.165) is 11.1 Å². The monoisotopic (exact) mass is 218 g/mol. The van der Waals surface area contributed by atoms with Gasteiger partial charge in [-0.25, -0.2) is 4.98 Å². The van der Waals surface area contributed by atoms with Crippen molar-refractivity contribution < 1.29 is 4.79 Å². The Labute approximate surface area is 93.1 Å². The van der Waals surface area contributed by atoms with E-state index in [0.29, 0.717) is 23.6 Å². The molecule has 0 aliphatic heterocycles. The first-order valence-corrected chi connectivity index (χ1v) is 5.16. The summed E-state index contributed by atoms with van der Waals surface area (Å²) in [5.41, 5.74) is 8.48. The van der Waals surface area contributed by atoms with Crippen LogP contribution in [0.1, 0.15) is 22.8 Å². The van der Waals surface area contributed by atoms with Gasteiger partial charge in [-0.1, -0.05) is 6.07 Å². The third-order valence-electron chi connectivity index (χ3n) is 2.45. The molecule has 5 heteroatoms. The lowest BCUT2D eigenvalue weighted by atomic mass is 10.1. The van der Waals surface area contributed by atoms with Crippen LogP contribution in [0.4, 0.5) is 5.95 Å². The van der Waals surface area contributed by atoms with Gasteiger partial charge in [-0.05, 0) is 25.5 Å². The average molecular weight is 218 g/mol. The van der Waals surface area contributed by atoms with E-state index in [2.05, 4.69) is 15.3 Å². The second-order valence-corrected chi connectivity index (χ2v) is 3.64. The zero-order valence-electron chi connectivity index (χ0n) is 9.29. The van der Waals surface area contributed by atoms with Crippen LogP contribution in [0.3, 0.4) is 0 Å². The maximum absolute atomic E-state index is 11.9. The van der Waals surface area contributed by atoms with Crippen LogP contribution >= 0.6 is 0 Å². The second-order valence-electron chi connectivity index (χ2n) is 3.64. The number of rotatable bonds is 2. The molecule has 1 heterocycles. The predicted molar refractivity (Wildman–Crippen MR) is 63.3 cm³/mol. The Morgan fingerprint density at radius 1 is 1.56 bits per heavy atom. The lowest BCUT2D eigenvalue weighted by Gasteiger charge is -2.06. The molecule has 0 aliphatic carbocycles. The third-order valence-corrected chi connectivity index (χ3v) is 2.45. The highest BCUT2D eigenvalue weighted by molar-refractivity contribution is 6.06. The number of fused-ring (bicyclic) bond motifs is 1. The molecule has 1 aromatic heterocycles. The number of nitrogens with two attached hydrogens (primary N) is 1. The van der Waals surface area contributed by atoms with Crippen LogP contribution in [-0.4, -0.2) is 22.4 Å². The van der Waals surface area contributed by atoms with Crippen molar-refractivity contribution in [3.05, 3.63) is 23.3 Å². The topological polar surface area (TPSA) is 83.8 Å². The van der Waals surface area contributed by atoms with Gasteiger partial charge in [0.2, 0.25) is 0 Å². The van der Waals surface area contributed by atoms with E-state index in [-0.39, 0.29) is 5.91 Å². The molecular formula is C11H14N4O. The first-order valence-electron chi connectivity index (χ1n) is 5.16. The smallest absolute Gasteiger partial charge is 0.253 e. The number of amides is 1. The van der Waals surface area contributed by atoms with Gasteiger partial charge >= 0.3 is 0 Å². The minimum atomic E-state index is -0.114. The van der Waals surface area contributed by atoms with E-state index in [9.17, 15) is 4.79 Å². The number of hydrogen-bond acceptors (Lipinski definition) is 3. The Balaban J connectivity index is 2.65. The Kier molecular flexibility index (Phi) is 2.52. The Morgan fingerprint density at radius 2 is 2.31 bits per heavy atom. The zero-order valence-corrected chi connectivity index (χ0v) is 9.29. The number of hydrogen-bond donors (Lipinski definition) is 3. The van der Waals surface area contributed by atoms with Crippen LogP contribution in [-0.2, 0) is 0 Å². The quantitative estimate of drug-likeness (QED) is 0.708. The highest BCUT2D eigenvalue weighted by atomic mass is 16.1. The number of H-pyrrole nitrogens is 1. The molecule has 0 saturated heterocycles. The van der Waals surface area contributed by atoms with E-state index >= 15 is 0 Å². The van der Waals surface area contributed by atoms with Crippen molar-refractivity contribution in [2.45, 2.75) is 13.8 Å². The van der Waals surface area contributed by atoms with Crippen molar-refractivity contribution in [3.63, 3.8) is 0 Å². The van der Waals surface area contributed by atoms with Gasteiger partial charge in [-0.2, -0.15) is 0 Å². The fourth-order valence-electron chi connectivity index (χ4n) is 1.73. The summed E-state index contributed by atoms with van der Waals surface area (Å²) in [5, 5.41) is 2.77. The van der Waals surface area contributed by atoms with Gasteiger partial charge in [-0.15, -0.1) is 0 Å². The van der Waals surface area contributed by atoms with Crippen LogP contribution in [0, 0.1) is 6.92 Å². The van der Waals surface area contributed by atoms with Crippen molar-refractivity contribution in [2.24, 2.45) is 0 Å². The van der Waals surface area contributed by atoms with Crippen molar-refractivity contribution >= 4 is 22.9 Å². The van der Waals surface area contributed by atoms with Gasteiger partial charge in [-0.3, -0.25) is 4.79 Å². The Bertz CT molecular complexity index is 544. The predicted octanol–water partition coefficient (Wildman–Crippen LogP) is 1.20. The number of aromatic amines is 1. The van der Waals surface area contributed by atoms with Crippen molar-refractivity contribution in [3.8, 4) is 0 Å². The fourth-order valence-corrected chi connectivity index (χ4v) is 1.73. The van der Waals surface area contributed by atoms with E-state index in [4.69, 9.17) is 5.73 Å². The second kappa shape index (κ2) is 3.84. The largest absolute Gasteiger partial charge is 0.369 e. The SMILES string of the molecule is CCNC(=O)c1c(C)ccc2[nH]c(N)nc12. The highest BCUT2D eigenvalue weighted by Crippen LogP contribution is 2.20. The molecule has 0 bridgehead atoms. The van der Waals surface area contributed by atoms with E-state index in [1.54, 1.807) is 0 Å². The maximum Gasteiger partial charge on any atom is 0.253 e. The third kappa shape index (κ3) is 1.60. The van der Waals surface area contributed by atoms with E-state index in [1.807, 2.05) is 26.0 Å². The standard InChI is InChI=1S/C11H14N4O/c1-3-13-10(16)8-6(2)4-5-7-9(8)15-11(12)14-7/h4-5H,3H2,1-2H3,(H,13,16)(H3,12,14,15). The average Bonchev–Trinajstić information content (AvgIpc) is 2.58. The summed E-state index contributed by atoms with van der Waals surface area (Å²) < 4.78 is 0. The Hall–Kier alpha value is -2.04. The summed E-state index contributed by atoms with van der Waals surface area (Å²) in [6, 6.07) is 3.75. The zero-order chi connectivity index (χ0) is 11.7. The molecule has 0 atom stereocenters. The molecule has 16 heavy (non-hydrogen) atoms. The summed E-state index contributed by atoms with van der Waals surface area (Å²) in [6.07, 6.45) is 0. The van der Waals surface area contributed by atoms with Gasteiger partial charge in [0.05, 0.1) is 11.1 Å². The molecule has 4 N–H and O–H groups in total. The summed E-state index contributed by atoms with van der Waals surface area (Å²) in [7, 11) is 0. The molecule has 0 unspecified atom stereocenters. The summed E-state index contributed by atoms with van der Waals surface area (Å²) in [5.74, 6) is 0.211.